The van der Waals surface area contributed by atoms with Crippen LogP contribution in [0.3, 0.4) is 0 Å². The molecule has 11 heavy (non-hydrogen) atoms. The molecular formula is C8H15ClN2. The van der Waals surface area contributed by atoms with Crippen molar-refractivity contribution in [2.75, 3.05) is 25.5 Å². The average Bonchev–Trinajstić information content (AvgIpc) is 2.05. The molecule has 0 aromatic rings. The number of hydrogen-bond donors (Lipinski definition) is 0. The molecule has 0 unspecified atom stereocenters. The molecule has 64 valence electrons. The van der Waals surface area contributed by atoms with E-state index in [2.05, 4.69) is 17.9 Å². The van der Waals surface area contributed by atoms with Crippen LogP contribution in [0.15, 0.2) is 0 Å². The van der Waals surface area contributed by atoms with E-state index in [1.807, 2.05) is 0 Å². The molecule has 0 atom stereocenters. The summed E-state index contributed by atoms with van der Waals surface area (Å²) in [5.74, 6) is 0.711. The average molecular weight is 175 g/mol. The zero-order chi connectivity index (χ0) is 8.53. The predicted molar refractivity (Wildman–Crippen MR) is 47.7 cm³/mol. The summed E-state index contributed by atoms with van der Waals surface area (Å²) < 4.78 is 0. The van der Waals surface area contributed by atoms with Crippen LogP contribution < -0.4 is 0 Å². The van der Waals surface area contributed by atoms with Crippen LogP contribution in [-0.2, 0) is 0 Å². The lowest BCUT2D eigenvalue weighted by atomic mass is 10.3. The van der Waals surface area contributed by atoms with Crippen molar-refractivity contribution in [3.63, 3.8) is 0 Å². The molecule has 0 saturated heterocycles. The largest absolute Gasteiger partial charge is 0.303 e. The lowest BCUT2D eigenvalue weighted by Gasteiger charge is -2.17. The van der Waals surface area contributed by atoms with Gasteiger partial charge in [-0.2, -0.15) is 5.26 Å². The summed E-state index contributed by atoms with van der Waals surface area (Å²) in [7, 11) is 0. The van der Waals surface area contributed by atoms with Gasteiger partial charge in [-0.3, -0.25) is 0 Å². The monoisotopic (exact) mass is 174 g/mol. The van der Waals surface area contributed by atoms with E-state index in [0.717, 1.165) is 26.1 Å². The first-order chi connectivity index (χ1) is 5.35. The SMILES string of the molecule is CCN(CCC#N)CCCCl. The van der Waals surface area contributed by atoms with Crippen LogP contribution in [0.5, 0.6) is 0 Å². The molecule has 0 aliphatic rings. The molecular weight excluding hydrogens is 160 g/mol. The van der Waals surface area contributed by atoms with Crippen LogP contribution in [0.2, 0.25) is 0 Å². The summed E-state index contributed by atoms with van der Waals surface area (Å²) in [6.45, 7) is 5.01. The van der Waals surface area contributed by atoms with Gasteiger partial charge in [-0.25, -0.2) is 0 Å². The second-order valence-corrected chi connectivity index (χ2v) is 2.76. The minimum atomic E-state index is 0.621. The molecule has 0 amide bonds. The zero-order valence-electron chi connectivity index (χ0n) is 7.02. The Hall–Kier alpha value is -0.260. The van der Waals surface area contributed by atoms with E-state index in [-0.39, 0.29) is 0 Å². The second-order valence-electron chi connectivity index (χ2n) is 2.38. The Labute approximate surface area is 73.7 Å². The molecule has 0 aromatic carbocycles. The zero-order valence-corrected chi connectivity index (χ0v) is 7.77. The van der Waals surface area contributed by atoms with E-state index in [9.17, 15) is 0 Å². The molecule has 0 radical (unpaired) electrons. The third kappa shape index (κ3) is 6.15. The smallest absolute Gasteiger partial charge is 0.0635 e. The summed E-state index contributed by atoms with van der Waals surface area (Å²) in [5, 5.41) is 8.33. The number of rotatable bonds is 6. The van der Waals surface area contributed by atoms with Crippen LogP contribution >= 0.6 is 11.6 Å². The van der Waals surface area contributed by atoms with Gasteiger partial charge in [0.15, 0.2) is 0 Å². The summed E-state index contributed by atoms with van der Waals surface area (Å²) >= 11 is 5.54. The van der Waals surface area contributed by atoms with Gasteiger partial charge in [0.2, 0.25) is 0 Å². The molecule has 0 N–H and O–H groups in total. The van der Waals surface area contributed by atoms with Crippen LogP contribution in [0.1, 0.15) is 19.8 Å². The quantitative estimate of drug-likeness (QED) is 0.575. The van der Waals surface area contributed by atoms with Crippen LogP contribution in [-0.4, -0.2) is 30.4 Å². The fraction of sp³-hybridized carbons (Fsp3) is 0.875. The number of nitrogens with zero attached hydrogens (tertiary/aromatic N) is 2. The van der Waals surface area contributed by atoms with Crippen molar-refractivity contribution >= 4 is 11.6 Å². The van der Waals surface area contributed by atoms with Crippen molar-refractivity contribution in [2.24, 2.45) is 0 Å². The van der Waals surface area contributed by atoms with Crippen LogP contribution in [0.25, 0.3) is 0 Å². The van der Waals surface area contributed by atoms with Gasteiger partial charge in [-0.1, -0.05) is 6.92 Å². The topological polar surface area (TPSA) is 27.0 Å². The van der Waals surface area contributed by atoms with Gasteiger partial charge >= 0.3 is 0 Å². The van der Waals surface area contributed by atoms with Crippen LogP contribution in [0, 0.1) is 11.3 Å². The predicted octanol–water partition coefficient (Wildman–Crippen LogP) is 1.85. The van der Waals surface area contributed by atoms with E-state index < -0.39 is 0 Å². The van der Waals surface area contributed by atoms with E-state index in [4.69, 9.17) is 16.9 Å². The molecule has 2 nitrogen and oxygen atoms in total. The van der Waals surface area contributed by atoms with Gasteiger partial charge in [0, 0.05) is 18.8 Å². The molecule has 0 rings (SSSR count). The molecule has 0 saturated carbocycles. The van der Waals surface area contributed by atoms with Gasteiger partial charge in [0.05, 0.1) is 6.07 Å². The third-order valence-corrected chi connectivity index (χ3v) is 1.86. The summed E-state index contributed by atoms with van der Waals surface area (Å²) in [6, 6.07) is 2.13. The molecule has 0 aliphatic carbocycles. The Morgan fingerprint density at radius 3 is 2.64 bits per heavy atom. The highest BCUT2D eigenvalue weighted by atomic mass is 35.5. The maximum absolute atomic E-state index is 8.33. The van der Waals surface area contributed by atoms with Gasteiger partial charge < -0.3 is 4.90 Å². The van der Waals surface area contributed by atoms with Gasteiger partial charge in [0.1, 0.15) is 0 Å². The lowest BCUT2D eigenvalue weighted by Crippen LogP contribution is -2.25. The molecule has 0 bridgehead atoms. The number of halogens is 1. The fourth-order valence-corrected chi connectivity index (χ4v) is 1.04. The van der Waals surface area contributed by atoms with Crippen molar-refractivity contribution in [2.45, 2.75) is 19.8 Å². The minimum Gasteiger partial charge on any atom is -0.303 e. The fourth-order valence-electron chi connectivity index (χ4n) is 0.920. The lowest BCUT2D eigenvalue weighted by molar-refractivity contribution is 0.296. The summed E-state index contributed by atoms with van der Waals surface area (Å²) in [6.07, 6.45) is 1.64. The first kappa shape index (κ1) is 10.7. The van der Waals surface area contributed by atoms with Crippen molar-refractivity contribution in [1.29, 1.82) is 5.26 Å². The van der Waals surface area contributed by atoms with Gasteiger partial charge in [0.25, 0.3) is 0 Å². The molecule has 0 aromatic heterocycles. The Kier molecular flexibility index (Phi) is 7.66. The van der Waals surface area contributed by atoms with E-state index in [0.29, 0.717) is 12.3 Å². The van der Waals surface area contributed by atoms with Crippen molar-refractivity contribution < 1.29 is 0 Å². The highest BCUT2D eigenvalue weighted by Gasteiger charge is 1.99. The van der Waals surface area contributed by atoms with Gasteiger partial charge in [-0.05, 0) is 19.5 Å². The highest BCUT2D eigenvalue weighted by Crippen LogP contribution is 1.94. The maximum atomic E-state index is 8.33. The minimum absolute atomic E-state index is 0.621. The van der Waals surface area contributed by atoms with E-state index >= 15 is 0 Å². The third-order valence-electron chi connectivity index (χ3n) is 1.60. The molecule has 0 spiro atoms. The maximum Gasteiger partial charge on any atom is 0.0635 e. The second kappa shape index (κ2) is 7.84. The summed E-state index contributed by atoms with van der Waals surface area (Å²) in [4.78, 5) is 2.24. The van der Waals surface area contributed by atoms with E-state index in [1.54, 1.807) is 0 Å². The molecule has 3 heteroatoms. The van der Waals surface area contributed by atoms with Crippen molar-refractivity contribution in [3.05, 3.63) is 0 Å². The molecule has 0 fully saturated rings. The Balaban J connectivity index is 3.34. The van der Waals surface area contributed by atoms with Crippen molar-refractivity contribution in [3.8, 4) is 6.07 Å². The van der Waals surface area contributed by atoms with Crippen LogP contribution in [0.4, 0.5) is 0 Å². The van der Waals surface area contributed by atoms with Gasteiger partial charge in [-0.15, -0.1) is 11.6 Å². The molecule has 0 heterocycles. The Morgan fingerprint density at radius 2 is 2.18 bits per heavy atom. The Morgan fingerprint density at radius 1 is 1.45 bits per heavy atom. The first-order valence-electron chi connectivity index (χ1n) is 4.00. The number of nitriles is 1. The number of alkyl halides is 1. The first-order valence-corrected chi connectivity index (χ1v) is 4.53. The summed E-state index contributed by atoms with van der Waals surface area (Å²) in [5.41, 5.74) is 0. The van der Waals surface area contributed by atoms with Crippen molar-refractivity contribution in [1.82, 2.24) is 4.90 Å². The Bertz CT molecular complexity index is 120. The normalized spacial score (nSPS) is 10.0. The highest BCUT2D eigenvalue weighted by molar-refractivity contribution is 6.17. The standard InChI is InChI=1S/C8H15ClN2/c1-2-11(7-3-5-9)8-4-6-10/h2-5,7-8H2,1H3. The molecule has 0 aliphatic heterocycles. The van der Waals surface area contributed by atoms with E-state index in [1.165, 1.54) is 0 Å². The number of hydrogen-bond acceptors (Lipinski definition) is 2.